The molecule has 1 N–H and O–H groups in total. The number of carbonyl (C=O) groups excluding carboxylic acids is 1. The summed E-state index contributed by atoms with van der Waals surface area (Å²) in [7, 11) is 0. The van der Waals surface area contributed by atoms with Crippen LogP contribution in [0.5, 0.6) is 0 Å². The second kappa shape index (κ2) is 7.58. The van der Waals surface area contributed by atoms with Gasteiger partial charge in [0.1, 0.15) is 5.69 Å². The quantitative estimate of drug-likeness (QED) is 0.888. The maximum Gasteiger partial charge on any atom is 0.269 e. The molecule has 0 radical (unpaired) electrons. The number of ether oxygens (including phenoxy) is 1. The highest BCUT2D eigenvalue weighted by Gasteiger charge is 2.36. The molecule has 2 aromatic rings. The molecule has 134 valence electrons. The van der Waals surface area contributed by atoms with E-state index in [-0.39, 0.29) is 11.3 Å². The van der Waals surface area contributed by atoms with Crippen LogP contribution in [0.1, 0.15) is 41.5 Å². The zero-order valence-electron chi connectivity index (χ0n) is 14.7. The number of nitrogens with one attached hydrogen (secondary N) is 1. The first kappa shape index (κ1) is 18.0. The van der Waals surface area contributed by atoms with E-state index in [4.69, 9.17) is 16.3 Å². The fourth-order valence-electron chi connectivity index (χ4n) is 3.50. The Hall–Kier alpha value is -1.85. The van der Waals surface area contributed by atoms with E-state index in [0.717, 1.165) is 29.1 Å². The molecule has 0 spiro atoms. The third-order valence-electron chi connectivity index (χ3n) is 4.92. The Kier molecular flexibility index (Phi) is 5.45. The van der Waals surface area contributed by atoms with Gasteiger partial charge < -0.3 is 10.1 Å². The van der Waals surface area contributed by atoms with Crippen molar-refractivity contribution in [2.45, 2.75) is 38.6 Å². The monoisotopic (exact) mass is 361 g/mol. The molecule has 0 atom stereocenters. The number of halogens is 1. The average molecular weight is 362 g/mol. The molecule has 25 heavy (non-hydrogen) atoms. The van der Waals surface area contributed by atoms with Crippen molar-refractivity contribution in [1.29, 1.82) is 0 Å². The van der Waals surface area contributed by atoms with Crippen LogP contribution in [0.15, 0.2) is 30.3 Å². The number of carbonyl (C=O) groups is 1. The second-order valence-electron chi connectivity index (χ2n) is 6.54. The van der Waals surface area contributed by atoms with Crippen molar-refractivity contribution >= 4 is 17.5 Å². The Morgan fingerprint density at radius 2 is 2.08 bits per heavy atom. The van der Waals surface area contributed by atoms with Gasteiger partial charge in [0.2, 0.25) is 0 Å². The smallest absolute Gasteiger partial charge is 0.269 e. The Morgan fingerprint density at radius 3 is 2.76 bits per heavy atom. The summed E-state index contributed by atoms with van der Waals surface area (Å²) < 4.78 is 7.28. The molecule has 5 nitrogen and oxygen atoms in total. The molecule has 1 aromatic carbocycles. The second-order valence-corrected chi connectivity index (χ2v) is 6.95. The van der Waals surface area contributed by atoms with Crippen LogP contribution in [0.25, 0.3) is 0 Å². The van der Waals surface area contributed by atoms with Gasteiger partial charge in [0.15, 0.2) is 0 Å². The van der Waals surface area contributed by atoms with E-state index in [0.29, 0.717) is 32.0 Å². The highest BCUT2D eigenvalue weighted by molar-refractivity contribution is 6.31. The van der Waals surface area contributed by atoms with Crippen molar-refractivity contribution in [3.63, 3.8) is 0 Å². The molecule has 1 aliphatic heterocycles. The van der Waals surface area contributed by atoms with Crippen LogP contribution < -0.4 is 5.32 Å². The molecule has 1 aliphatic rings. The van der Waals surface area contributed by atoms with Gasteiger partial charge in [-0.3, -0.25) is 9.48 Å². The predicted molar refractivity (Wildman–Crippen MR) is 98.2 cm³/mol. The normalized spacial score (nSPS) is 16.6. The summed E-state index contributed by atoms with van der Waals surface area (Å²) in [4.78, 5) is 12.7. The lowest BCUT2D eigenvalue weighted by atomic mass is 9.74. The highest BCUT2D eigenvalue weighted by atomic mass is 35.5. The van der Waals surface area contributed by atoms with E-state index in [1.54, 1.807) is 4.68 Å². The minimum Gasteiger partial charge on any atom is -0.381 e. The Labute approximate surface area is 153 Å². The van der Waals surface area contributed by atoms with Crippen molar-refractivity contribution in [1.82, 2.24) is 15.1 Å². The van der Waals surface area contributed by atoms with Gasteiger partial charge in [0.05, 0.1) is 5.69 Å². The van der Waals surface area contributed by atoms with Crippen LogP contribution in [0.2, 0.25) is 5.02 Å². The number of amides is 1. The molecule has 3 rings (SSSR count). The molecule has 1 aromatic heterocycles. The van der Waals surface area contributed by atoms with E-state index in [2.05, 4.69) is 16.5 Å². The zero-order valence-corrected chi connectivity index (χ0v) is 15.5. The molecular formula is C19H24ClN3O2. The Balaban J connectivity index is 1.82. The van der Waals surface area contributed by atoms with Gasteiger partial charge in [-0.25, -0.2) is 0 Å². The van der Waals surface area contributed by atoms with E-state index in [1.807, 2.05) is 38.1 Å². The molecule has 0 unspecified atom stereocenters. The lowest BCUT2D eigenvalue weighted by Crippen LogP contribution is -2.45. The minimum atomic E-state index is -0.196. The van der Waals surface area contributed by atoms with Gasteiger partial charge in [-0.1, -0.05) is 29.8 Å². The summed E-state index contributed by atoms with van der Waals surface area (Å²) in [6.07, 6.45) is 1.67. The molecule has 1 fully saturated rings. The standard InChI is InChI=1S/C19H24ClN3O2/c1-3-23-17(12-14(2)22-23)18(24)21-13-19(8-10-25-11-9-19)15-6-4-5-7-16(15)20/h4-7,12H,3,8-11,13H2,1-2H3,(H,21,24). The fraction of sp³-hybridized carbons (Fsp3) is 0.474. The molecule has 0 bridgehead atoms. The summed E-state index contributed by atoms with van der Waals surface area (Å²) in [5, 5.41) is 8.20. The number of nitrogens with zero attached hydrogens (tertiary/aromatic N) is 2. The third kappa shape index (κ3) is 3.72. The first-order valence-electron chi connectivity index (χ1n) is 8.71. The van der Waals surface area contributed by atoms with Crippen molar-refractivity contribution in [3.05, 3.63) is 52.3 Å². The van der Waals surface area contributed by atoms with Crippen LogP contribution >= 0.6 is 11.6 Å². The van der Waals surface area contributed by atoms with Crippen LogP contribution in [-0.4, -0.2) is 35.4 Å². The molecule has 0 aliphatic carbocycles. The van der Waals surface area contributed by atoms with E-state index >= 15 is 0 Å². The molecule has 1 amide bonds. The molecule has 2 heterocycles. The van der Waals surface area contributed by atoms with Crippen LogP contribution in [0, 0.1) is 6.92 Å². The van der Waals surface area contributed by atoms with E-state index < -0.39 is 0 Å². The number of hydrogen-bond acceptors (Lipinski definition) is 3. The van der Waals surface area contributed by atoms with Crippen molar-refractivity contribution in [2.24, 2.45) is 0 Å². The summed E-state index contributed by atoms with van der Waals surface area (Å²) in [5.74, 6) is -0.0969. The average Bonchev–Trinajstić information content (AvgIpc) is 3.02. The van der Waals surface area contributed by atoms with Crippen molar-refractivity contribution < 1.29 is 9.53 Å². The number of rotatable bonds is 5. The number of aryl methyl sites for hydroxylation is 2. The molecule has 0 saturated carbocycles. The summed E-state index contributed by atoms with van der Waals surface area (Å²) in [6.45, 7) is 6.42. The number of benzene rings is 1. The summed E-state index contributed by atoms with van der Waals surface area (Å²) in [6, 6.07) is 9.71. The SMILES string of the molecule is CCn1nc(C)cc1C(=O)NCC1(c2ccccc2Cl)CCOCC1. The first-order chi connectivity index (χ1) is 12.1. The van der Waals surface area contributed by atoms with E-state index in [9.17, 15) is 4.79 Å². The highest BCUT2D eigenvalue weighted by Crippen LogP contribution is 2.38. The minimum absolute atomic E-state index is 0.0969. The molecule has 6 heteroatoms. The van der Waals surface area contributed by atoms with Crippen LogP contribution in [0.3, 0.4) is 0 Å². The maximum atomic E-state index is 12.7. The Bertz CT molecular complexity index is 751. The van der Waals surface area contributed by atoms with Gasteiger partial charge in [0.25, 0.3) is 5.91 Å². The number of aromatic nitrogens is 2. The van der Waals surface area contributed by atoms with Crippen molar-refractivity contribution in [2.75, 3.05) is 19.8 Å². The Morgan fingerprint density at radius 1 is 1.36 bits per heavy atom. The van der Waals surface area contributed by atoms with Gasteiger partial charge in [-0.2, -0.15) is 5.10 Å². The van der Waals surface area contributed by atoms with Crippen LogP contribution in [-0.2, 0) is 16.7 Å². The largest absolute Gasteiger partial charge is 0.381 e. The summed E-state index contributed by atoms with van der Waals surface area (Å²) in [5.41, 5.74) is 2.33. The third-order valence-corrected chi connectivity index (χ3v) is 5.25. The number of hydrogen-bond donors (Lipinski definition) is 1. The predicted octanol–water partition coefficient (Wildman–Crippen LogP) is 3.34. The van der Waals surface area contributed by atoms with Gasteiger partial charge in [0, 0.05) is 36.7 Å². The maximum absolute atomic E-state index is 12.7. The lowest BCUT2D eigenvalue weighted by molar-refractivity contribution is 0.0486. The molecule has 1 saturated heterocycles. The molecular weight excluding hydrogens is 338 g/mol. The summed E-state index contributed by atoms with van der Waals surface area (Å²) >= 11 is 6.46. The van der Waals surface area contributed by atoms with Crippen molar-refractivity contribution in [3.8, 4) is 0 Å². The first-order valence-corrected chi connectivity index (χ1v) is 9.09. The topological polar surface area (TPSA) is 56.2 Å². The van der Waals surface area contributed by atoms with Crippen LogP contribution in [0.4, 0.5) is 0 Å². The van der Waals surface area contributed by atoms with Gasteiger partial charge in [-0.15, -0.1) is 0 Å². The van der Waals surface area contributed by atoms with Gasteiger partial charge >= 0.3 is 0 Å². The van der Waals surface area contributed by atoms with E-state index in [1.165, 1.54) is 0 Å². The van der Waals surface area contributed by atoms with Gasteiger partial charge in [-0.05, 0) is 44.4 Å². The lowest BCUT2D eigenvalue weighted by Gasteiger charge is -2.38. The fourth-order valence-corrected chi connectivity index (χ4v) is 3.84. The zero-order chi connectivity index (χ0) is 17.9.